The number of carbonyl (C=O) groups excluding carboxylic acids is 1. The monoisotopic (exact) mass is 641 g/mol. The lowest BCUT2D eigenvalue weighted by molar-refractivity contribution is -0.435. The van der Waals surface area contributed by atoms with Gasteiger partial charge in [-0.05, 0) is 42.3 Å². The van der Waals surface area contributed by atoms with Gasteiger partial charge in [-0.2, -0.15) is 4.58 Å². The van der Waals surface area contributed by atoms with Gasteiger partial charge in [0, 0.05) is 34.7 Å². The first-order chi connectivity index (χ1) is 22.8. The van der Waals surface area contributed by atoms with Crippen molar-refractivity contribution >= 4 is 56.4 Å². The van der Waals surface area contributed by atoms with Gasteiger partial charge < -0.3 is 20.2 Å². The van der Waals surface area contributed by atoms with E-state index in [1.807, 2.05) is 85.7 Å². The molecule has 2 heterocycles. The summed E-state index contributed by atoms with van der Waals surface area (Å²) in [6, 6.07) is 24.1. The first-order valence-electron chi connectivity index (χ1n) is 16.1. The van der Waals surface area contributed by atoms with Crippen LogP contribution in [0.3, 0.4) is 0 Å². The molecular formula is C40H37N2O6+. The van der Waals surface area contributed by atoms with Gasteiger partial charge >= 0.3 is 11.9 Å². The topological polar surface area (TPSA) is 118 Å². The van der Waals surface area contributed by atoms with E-state index in [-0.39, 0.29) is 48.6 Å². The van der Waals surface area contributed by atoms with Crippen molar-refractivity contribution in [2.45, 2.75) is 51.4 Å². The molecule has 0 unspecified atom stereocenters. The quantitative estimate of drug-likeness (QED) is 0.136. The van der Waals surface area contributed by atoms with Crippen LogP contribution in [0.2, 0.25) is 0 Å². The molecule has 4 aromatic carbocycles. The number of ketones is 1. The Hall–Kier alpha value is -5.50. The highest BCUT2D eigenvalue weighted by atomic mass is 16.4. The fraction of sp³-hybridized carbons (Fsp3) is 0.250. The molecule has 0 saturated carbocycles. The fourth-order valence-electron chi connectivity index (χ4n) is 7.67. The zero-order chi connectivity index (χ0) is 34.1. The lowest BCUT2D eigenvalue weighted by atomic mass is 9.77. The Morgan fingerprint density at radius 1 is 0.771 bits per heavy atom. The third-order valence-electron chi connectivity index (χ3n) is 10.2. The number of benzene rings is 4. The Kier molecular flexibility index (Phi) is 7.16. The summed E-state index contributed by atoms with van der Waals surface area (Å²) in [4.78, 5) is 39.3. The number of aliphatic hydroxyl groups is 1. The maximum atomic E-state index is 13.9. The number of anilines is 1. The first-order valence-corrected chi connectivity index (χ1v) is 16.1. The Labute approximate surface area is 278 Å². The molecule has 0 fully saturated rings. The van der Waals surface area contributed by atoms with Gasteiger partial charge in [0.05, 0.1) is 34.1 Å². The van der Waals surface area contributed by atoms with Crippen LogP contribution in [0, 0.1) is 0 Å². The maximum absolute atomic E-state index is 13.9. The van der Waals surface area contributed by atoms with Crippen LogP contribution >= 0.6 is 0 Å². The number of hydrogen-bond donors (Lipinski definition) is 3. The molecule has 1 aliphatic carbocycles. The predicted octanol–water partition coefficient (Wildman–Crippen LogP) is 7.32. The molecule has 3 aliphatic rings. The molecule has 0 radical (unpaired) electrons. The summed E-state index contributed by atoms with van der Waals surface area (Å²) >= 11 is 0. The molecular weight excluding hydrogens is 604 g/mol. The van der Waals surface area contributed by atoms with E-state index < -0.39 is 22.8 Å². The van der Waals surface area contributed by atoms with Crippen molar-refractivity contribution in [3.05, 3.63) is 119 Å². The van der Waals surface area contributed by atoms with E-state index in [9.17, 15) is 29.7 Å². The summed E-state index contributed by atoms with van der Waals surface area (Å²) in [5, 5.41) is 34.7. The van der Waals surface area contributed by atoms with Crippen molar-refractivity contribution in [1.29, 1.82) is 0 Å². The molecule has 0 amide bonds. The Morgan fingerprint density at radius 3 is 2.02 bits per heavy atom. The van der Waals surface area contributed by atoms with E-state index in [0.29, 0.717) is 0 Å². The number of carbonyl (C=O) groups is 3. The SMILES string of the molecule is CC1(C)C(/C=C2\C(=O)C(/C=C3/N(CCC(=O)O)c4c(ccc5ccccc45)C3(C)C)=C2O)=[N+](CCC(=O)O)c2c1ccc1ccccc21. The Balaban J connectivity index is 1.36. The number of hydrogen-bond acceptors (Lipinski definition) is 5. The minimum atomic E-state index is -0.926. The zero-order valence-electron chi connectivity index (χ0n) is 27.4. The van der Waals surface area contributed by atoms with Crippen molar-refractivity contribution in [3.8, 4) is 0 Å². The number of carboxylic acid groups (broad SMARTS) is 2. The molecule has 4 aromatic rings. The van der Waals surface area contributed by atoms with Gasteiger partial charge in [-0.1, -0.05) is 80.6 Å². The van der Waals surface area contributed by atoms with Gasteiger partial charge in [0.2, 0.25) is 11.5 Å². The largest absolute Gasteiger partial charge is 0.506 e. The molecule has 8 heteroatoms. The minimum Gasteiger partial charge on any atom is -0.506 e. The molecule has 0 atom stereocenters. The maximum Gasteiger partial charge on any atom is 0.309 e. The van der Waals surface area contributed by atoms with Crippen molar-refractivity contribution in [2.75, 3.05) is 18.0 Å². The molecule has 7 rings (SSSR count). The third-order valence-corrected chi connectivity index (χ3v) is 10.2. The van der Waals surface area contributed by atoms with E-state index in [1.54, 1.807) is 12.2 Å². The van der Waals surface area contributed by atoms with Gasteiger partial charge in [-0.25, -0.2) is 0 Å². The molecule has 3 N–H and O–H groups in total. The predicted molar refractivity (Wildman–Crippen MR) is 186 cm³/mol. The van der Waals surface area contributed by atoms with E-state index >= 15 is 0 Å². The van der Waals surface area contributed by atoms with Crippen LogP contribution in [0.1, 0.15) is 51.7 Å². The van der Waals surface area contributed by atoms with Crippen LogP contribution < -0.4 is 4.90 Å². The van der Waals surface area contributed by atoms with E-state index in [4.69, 9.17) is 0 Å². The molecule has 8 nitrogen and oxygen atoms in total. The first kappa shape index (κ1) is 31.1. The standard InChI is InChI=1S/C40H36N2O6/c1-39(2)29-15-13-23-9-5-7-11-25(23)35(29)41(19-17-33(43)44)31(39)21-27-37(47)28(38(27)48)22-32-40(3,4)30-16-14-24-10-6-8-12-26(24)36(30)42(32)20-18-34(45)46/h5-16,21-22H,17-20H2,1-4H3,(H2-,43,44,45,46,47,48)/p+1. The summed E-state index contributed by atoms with van der Waals surface area (Å²) in [6.45, 7) is 8.58. The average Bonchev–Trinajstić information content (AvgIpc) is 3.41. The Morgan fingerprint density at radius 2 is 1.38 bits per heavy atom. The number of aliphatic carboxylic acids is 2. The molecule has 0 aromatic heterocycles. The summed E-state index contributed by atoms with van der Waals surface area (Å²) in [6.07, 6.45) is 3.21. The van der Waals surface area contributed by atoms with Crippen molar-refractivity contribution < 1.29 is 34.3 Å². The van der Waals surface area contributed by atoms with Crippen molar-refractivity contribution in [3.63, 3.8) is 0 Å². The van der Waals surface area contributed by atoms with Gasteiger partial charge in [0.15, 0.2) is 12.3 Å². The van der Waals surface area contributed by atoms with Crippen LogP contribution in [-0.4, -0.2) is 56.4 Å². The van der Waals surface area contributed by atoms with E-state index in [0.717, 1.165) is 55.5 Å². The Bertz CT molecular complexity index is 2230. The molecule has 2 aliphatic heterocycles. The van der Waals surface area contributed by atoms with Gasteiger partial charge in [0.25, 0.3) is 0 Å². The van der Waals surface area contributed by atoms with Crippen molar-refractivity contribution in [2.24, 2.45) is 0 Å². The summed E-state index contributed by atoms with van der Waals surface area (Å²) in [5.41, 5.74) is 4.50. The number of allylic oxidation sites excluding steroid dienone is 5. The second kappa shape index (κ2) is 11.0. The zero-order valence-corrected chi connectivity index (χ0v) is 27.4. The summed E-state index contributed by atoms with van der Waals surface area (Å²) in [7, 11) is 0. The third kappa shape index (κ3) is 4.66. The number of carboxylic acids is 2. The number of nitrogens with zero attached hydrogens (tertiary/aromatic N) is 2. The van der Waals surface area contributed by atoms with Crippen LogP contribution in [0.15, 0.2) is 108 Å². The normalized spacial score (nSPS) is 19.4. The fourth-order valence-corrected chi connectivity index (χ4v) is 7.67. The molecule has 48 heavy (non-hydrogen) atoms. The van der Waals surface area contributed by atoms with Gasteiger partial charge in [-0.3, -0.25) is 14.4 Å². The van der Waals surface area contributed by atoms with E-state index in [2.05, 4.69) is 24.3 Å². The summed E-state index contributed by atoms with van der Waals surface area (Å²) < 4.78 is 1.98. The molecule has 0 saturated heterocycles. The smallest absolute Gasteiger partial charge is 0.309 e. The minimum absolute atomic E-state index is 0.102. The van der Waals surface area contributed by atoms with Crippen LogP contribution in [0.4, 0.5) is 11.4 Å². The second-order valence-corrected chi connectivity index (χ2v) is 13.8. The van der Waals surface area contributed by atoms with Crippen LogP contribution in [-0.2, 0) is 25.2 Å². The second-order valence-electron chi connectivity index (χ2n) is 13.8. The number of Topliss-reactive ketones (excluding diaryl/α,β-unsaturated/α-hetero) is 1. The molecule has 0 bridgehead atoms. The molecule has 0 spiro atoms. The number of rotatable bonds is 8. The molecule has 242 valence electrons. The highest BCUT2D eigenvalue weighted by molar-refractivity contribution is 6.24. The average molecular weight is 642 g/mol. The number of fused-ring (bicyclic) bond motifs is 6. The van der Waals surface area contributed by atoms with Crippen LogP contribution in [0.25, 0.3) is 21.5 Å². The summed E-state index contributed by atoms with van der Waals surface area (Å²) in [5.74, 6) is -2.31. The van der Waals surface area contributed by atoms with Crippen molar-refractivity contribution in [1.82, 2.24) is 0 Å². The van der Waals surface area contributed by atoms with E-state index in [1.165, 1.54) is 0 Å². The lowest BCUT2D eigenvalue weighted by Gasteiger charge is -2.29. The van der Waals surface area contributed by atoms with Gasteiger partial charge in [-0.15, -0.1) is 0 Å². The highest BCUT2D eigenvalue weighted by Crippen LogP contribution is 2.52. The number of aliphatic hydroxyl groups excluding tert-OH is 1. The van der Waals surface area contributed by atoms with Gasteiger partial charge in [0.1, 0.15) is 12.2 Å². The van der Waals surface area contributed by atoms with Crippen LogP contribution in [0.5, 0.6) is 0 Å². The highest BCUT2D eigenvalue weighted by Gasteiger charge is 2.48. The lowest BCUT2D eigenvalue weighted by Crippen LogP contribution is -2.32.